The van der Waals surface area contributed by atoms with Gasteiger partial charge in [-0.05, 0) is 59.8 Å². The van der Waals surface area contributed by atoms with Crippen molar-refractivity contribution in [1.82, 2.24) is 5.32 Å². The zero-order valence-corrected chi connectivity index (χ0v) is 13.9. The molecule has 114 valence electrons. The molecule has 5 heteroatoms. The van der Waals surface area contributed by atoms with E-state index in [2.05, 4.69) is 33.4 Å². The number of nitriles is 1. The van der Waals surface area contributed by atoms with Crippen molar-refractivity contribution in [3.05, 3.63) is 22.2 Å². The van der Waals surface area contributed by atoms with Crippen molar-refractivity contribution in [3.63, 3.8) is 0 Å². The highest BCUT2D eigenvalue weighted by atomic mass is 79.9. The van der Waals surface area contributed by atoms with Gasteiger partial charge >= 0.3 is 0 Å². The molecule has 21 heavy (non-hydrogen) atoms. The van der Waals surface area contributed by atoms with E-state index in [0.29, 0.717) is 25.7 Å². The number of halogens is 1. The van der Waals surface area contributed by atoms with E-state index in [4.69, 9.17) is 14.7 Å². The third-order valence-corrected chi connectivity index (χ3v) is 3.81. The molecule has 0 bridgehead atoms. The Hall–Kier alpha value is -1.25. The fourth-order valence-corrected chi connectivity index (χ4v) is 2.61. The van der Waals surface area contributed by atoms with Crippen molar-refractivity contribution in [1.29, 1.82) is 5.26 Å². The van der Waals surface area contributed by atoms with E-state index in [-0.39, 0.29) is 0 Å². The van der Waals surface area contributed by atoms with E-state index in [1.54, 1.807) is 0 Å². The van der Waals surface area contributed by atoms with Gasteiger partial charge in [0.05, 0.1) is 23.8 Å². The van der Waals surface area contributed by atoms with Crippen molar-refractivity contribution >= 4 is 15.9 Å². The first-order valence-electron chi connectivity index (χ1n) is 7.43. The van der Waals surface area contributed by atoms with Gasteiger partial charge in [0.25, 0.3) is 0 Å². The molecule has 1 aliphatic carbocycles. The Morgan fingerprint density at radius 3 is 2.86 bits per heavy atom. The highest BCUT2D eigenvalue weighted by Gasteiger charge is 2.20. The molecule has 1 aromatic carbocycles. The van der Waals surface area contributed by atoms with Gasteiger partial charge in [0.2, 0.25) is 0 Å². The van der Waals surface area contributed by atoms with Crippen molar-refractivity contribution in [3.8, 4) is 17.6 Å². The first-order chi connectivity index (χ1) is 10.2. The minimum Gasteiger partial charge on any atom is -0.490 e. The number of hydrogen-bond acceptors (Lipinski definition) is 4. The average Bonchev–Trinajstić information content (AvgIpc) is 3.28. The summed E-state index contributed by atoms with van der Waals surface area (Å²) < 4.78 is 12.4. The van der Waals surface area contributed by atoms with Crippen LogP contribution in [0.25, 0.3) is 0 Å². The smallest absolute Gasteiger partial charge is 0.175 e. The second kappa shape index (κ2) is 8.26. The molecule has 0 amide bonds. The number of unbranched alkanes of at least 4 members (excludes halogenated alkanes) is 1. The predicted molar refractivity (Wildman–Crippen MR) is 85.5 cm³/mol. The molecule has 4 nitrogen and oxygen atoms in total. The Bertz CT molecular complexity index is 510. The van der Waals surface area contributed by atoms with Gasteiger partial charge in [-0.15, -0.1) is 0 Å². The summed E-state index contributed by atoms with van der Waals surface area (Å²) in [5.74, 6) is 1.49. The van der Waals surface area contributed by atoms with Crippen LogP contribution in [-0.2, 0) is 6.54 Å². The molecule has 0 atom stereocenters. The summed E-state index contributed by atoms with van der Waals surface area (Å²) in [6.45, 7) is 3.92. The van der Waals surface area contributed by atoms with Crippen LogP contribution in [-0.4, -0.2) is 19.3 Å². The lowest BCUT2D eigenvalue weighted by Crippen LogP contribution is -2.15. The van der Waals surface area contributed by atoms with Crippen LogP contribution in [0.15, 0.2) is 16.6 Å². The van der Waals surface area contributed by atoms with Gasteiger partial charge in [0.15, 0.2) is 11.5 Å². The normalized spacial score (nSPS) is 13.8. The monoisotopic (exact) mass is 352 g/mol. The molecule has 1 aromatic rings. The van der Waals surface area contributed by atoms with Gasteiger partial charge in [-0.3, -0.25) is 0 Å². The predicted octanol–water partition coefficient (Wildman–Crippen LogP) is 3.78. The fourth-order valence-electron chi connectivity index (χ4n) is 2.00. The van der Waals surface area contributed by atoms with Gasteiger partial charge in [-0.1, -0.05) is 0 Å². The highest BCUT2D eigenvalue weighted by molar-refractivity contribution is 9.10. The second-order valence-corrected chi connectivity index (χ2v) is 5.96. The quantitative estimate of drug-likeness (QED) is 0.687. The molecule has 1 fully saturated rings. The molecular formula is C16H21BrN2O2. The van der Waals surface area contributed by atoms with Crippen LogP contribution in [0.2, 0.25) is 0 Å². The number of nitrogens with zero attached hydrogens (tertiary/aromatic N) is 1. The summed E-state index contributed by atoms with van der Waals surface area (Å²) in [6, 6.07) is 6.90. The number of rotatable bonds is 9. The summed E-state index contributed by atoms with van der Waals surface area (Å²) in [5.41, 5.74) is 1.18. The van der Waals surface area contributed by atoms with Crippen molar-refractivity contribution in [2.24, 2.45) is 0 Å². The summed E-state index contributed by atoms with van der Waals surface area (Å²) in [7, 11) is 0. The average molecular weight is 353 g/mol. The number of ether oxygens (including phenoxy) is 2. The highest BCUT2D eigenvalue weighted by Crippen LogP contribution is 2.37. The van der Waals surface area contributed by atoms with Gasteiger partial charge in [-0.2, -0.15) is 5.26 Å². The first kappa shape index (κ1) is 16.1. The zero-order chi connectivity index (χ0) is 15.1. The van der Waals surface area contributed by atoms with Crippen LogP contribution in [0.3, 0.4) is 0 Å². The molecule has 0 saturated heterocycles. The van der Waals surface area contributed by atoms with E-state index in [0.717, 1.165) is 28.9 Å². The molecule has 2 rings (SSSR count). The van der Waals surface area contributed by atoms with Gasteiger partial charge < -0.3 is 14.8 Å². The van der Waals surface area contributed by atoms with E-state index in [1.165, 1.54) is 18.4 Å². The third-order valence-electron chi connectivity index (χ3n) is 3.22. The minimum atomic E-state index is 0.505. The molecule has 1 saturated carbocycles. The summed E-state index contributed by atoms with van der Waals surface area (Å²) >= 11 is 3.56. The van der Waals surface area contributed by atoms with E-state index < -0.39 is 0 Å². The van der Waals surface area contributed by atoms with Crippen LogP contribution in [0.4, 0.5) is 0 Å². The second-order valence-electron chi connectivity index (χ2n) is 5.10. The Labute approximate surface area is 134 Å². The lowest BCUT2D eigenvalue weighted by Gasteiger charge is -2.15. The fraction of sp³-hybridized carbons (Fsp3) is 0.562. The standard InChI is InChI=1S/C16H21BrN2O2/c1-2-20-15-10-12(11-19-13-5-6-13)9-14(17)16(15)21-8-4-3-7-18/h9-10,13,19H,2-6,8,11H2,1H3. The molecule has 0 spiro atoms. The minimum absolute atomic E-state index is 0.505. The molecule has 0 aliphatic heterocycles. The van der Waals surface area contributed by atoms with Crippen molar-refractivity contribution in [2.45, 2.75) is 45.2 Å². The van der Waals surface area contributed by atoms with Crippen molar-refractivity contribution < 1.29 is 9.47 Å². The van der Waals surface area contributed by atoms with E-state index in [9.17, 15) is 0 Å². The lowest BCUT2D eigenvalue weighted by atomic mass is 10.2. The Balaban J connectivity index is 2.04. The number of nitrogens with one attached hydrogen (secondary N) is 1. The Morgan fingerprint density at radius 2 is 2.19 bits per heavy atom. The van der Waals surface area contributed by atoms with Crippen LogP contribution >= 0.6 is 15.9 Å². The van der Waals surface area contributed by atoms with Crippen LogP contribution in [0.5, 0.6) is 11.5 Å². The molecule has 0 aromatic heterocycles. The lowest BCUT2D eigenvalue weighted by molar-refractivity contribution is 0.272. The summed E-state index contributed by atoms with van der Waals surface area (Å²) in [4.78, 5) is 0. The topological polar surface area (TPSA) is 54.3 Å². The number of benzene rings is 1. The van der Waals surface area contributed by atoms with Gasteiger partial charge in [0.1, 0.15) is 0 Å². The SMILES string of the molecule is CCOc1cc(CNC2CC2)cc(Br)c1OCCCC#N. The third kappa shape index (κ3) is 5.22. The summed E-state index contributed by atoms with van der Waals surface area (Å²) in [6.07, 6.45) is 3.78. The van der Waals surface area contributed by atoms with Crippen LogP contribution in [0, 0.1) is 11.3 Å². The van der Waals surface area contributed by atoms with Gasteiger partial charge in [0, 0.05) is 19.0 Å². The molecule has 1 aliphatic rings. The maximum Gasteiger partial charge on any atom is 0.175 e. The summed E-state index contributed by atoms with van der Waals surface area (Å²) in [5, 5.41) is 12.1. The molecule has 0 radical (unpaired) electrons. The molecule has 1 N–H and O–H groups in total. The zero-order valence-electron chi connectivity index (χ0n) is 12.3. The number of hydrogen-bond donors (Lipinski definition) is 1. The molecule has 0 heterocycles. The Kier molecular flexibility index (Phi) is 6.34. The van der Waals surface area contributed by atoms with Crippen LogP contribution < -0.4 is 14.8 Å². The van der Waals surface area contributed by atoms with E-state index in [1.807, 2.05) is 13.0 Å². The van der Waals surface area contributed by atoms with Crippen molar-refractivity contribution in [2.75, 3.05) is 13.2 Å². The largest absolute Gasteiger partial charge is 0.490 e. The maximum absolute atomic E-state index is 8.56. The molecule has 0 unspecified atom stereocenters. The molecular weight excluding hydrogens is 332 g/mol. The van der Waals surface area contributed by atoms with E-state index >= 15 is 0 Å². The maximum atomic E-state index is 8.56. The Morgan fingerprint density at radius 1 is 1.38 bits per heavy atom. The first-order valence-corrected chi connectivity index (χ1v) is 8.22. The van der Waals surface area contributed by atoms with Crippen LogP contribution in [0.1, 0.15) is 38.2 Å². The van der Waals surface area contributed by atoms with Gasteiger partial charge in [-0.25, -0.2) is 0 Å².